The number of carbonyl (C=O) groups is 1. The number of halogens is 3. The standard InChI is InChI=1S/C14H13ClF2N4O2/c1-14(16,17)11-10(15)3-8(5-19-11)12(22)20-6-9-4-18-7-21-13(9)23-2/h3-5,7H,6H2,1-2H3,(H,20,22). The van der Waals surface area contributed by atoms with Gasteiger partial charge in [-0.15, -0.1) is 0 Å². The van der Waals surface area contributed by atoms with Crippen molar-refractivity contribution in [2.45, 2.75) is 19.4 Å². The van der Waals surface area contributed by atoms with Gasteiger partial charge in [0.25, 0.3) is 11.8 Å². The van der Waals surface area contributed by atoms with Crippen molar-refractivity contribution in [2.75, 3.05) is 7.11 Å². The lowest BCUT2D eigenvalue weighted by Crippen LogP contribution is -2.24. The minimum atomic E-state index is -3.18. The lowest BCUT2D eigenvalue weighted by molar-refractivity contribution is 0.0128. The Balaban J connectivity index is 2.11. The number of pyridine rings is 1. The maximum atomic E-state index is 13.2. The van der Waals surface area contributed by atoms with Gasteiger partial charge < -0.3 is 10.1 Å². The van der Waals surface area contributed by atoms with E-state index in [0.717, 1.165) is 12.3 Å². The van der Waals surface area contributed by atoms with Crippen LogP contribution in [0, 0.1) is 0 Å². The van der Waals surface area contributed by atoms with Crippen LogP contribution in [0.15, 0.2) is 24.8 Å². The van der Waals surface area contributed by atoms with Gasteiger partial charge in [0.2, 0.25) is 5.88 Å². The van der Waals surface area contributed by atoms with E-state index in [0.29, 0.717) is 18.4 Å². The molecular weight excluding hydrogens is 330 g/mol. The Bertz CT molecular complexity index is 722. The van der Waals surface area contributed by atoms with Crippen molar-refractivity contribution < 1.29 is 18.3 Å². The van der Waals surface area contributed by atoms with E-state index in [9.17, 15) is 13.6 Å². The van der Waals surface area contributed by atoms with E-state index in [2.05, 4.69) is 20.3 Å². The minimum Gasteiger partial charge on any atom is -0.481 e. The monoisotopic (exact) mass is 342 g/mol. The molecular formula is C14H13ClF2N4O2. The van der Waals surface area contributed by atoms with Gasteiger partial charge in [-0.1, -0.05) is 11.6 Å². The molecule has 1 N–H and O–H groups in total. The van der Waals surface area contributed by atoms with Crippen LogP contribution >= 0.6 is 11.6 Å². The third kappa shape index (κ3) is 4.10. The highest BCUT2D eigenvalue weighted by Gasteiger charge is 2.29. The largest absolute Gasteiger partial charge is 0.481 e. The molecule has 2 aromatic heterocycles. The molecule has 0 aliphatic rings. The Labute approximate surface area is 135 Å². The van der Waals surface area contributed by atoms with Crippen molar-refractivity contribution in [1.82, 2.24) is 20.3 Å². The molecule has 0 radical (unpaired) electrons. The Morgan fingerprint density at radius 3 is 2.74 bits per heavy atom. The molecule has 0 spiro atoms. The molecule has 2 rings (SSSR count). The molecule has 0 saturated heterocycles. The third-order valence-corrected chi connectivity index (χ3v) is 3.19. The van der Waals surface area contributed by atoms with Crippen molar-refractivity contribution in [1.29, 1.82) is 0 Å². The Morgan fingerprint density at radius 2 is 2.13 bits per heavy atom. The first-order valence-electron chi connectivity index (χ1n) is 6.48. The third-order valence-electron chi connectivity index (χ3n) is 2.90. The number of methoxy groups -OCH3 is 1. The van der Waals surface area contributed by atoms with Crippen LogP contribution in [0.5, 0.6) is 5.88 Å². The van der Waals surface area contributed by atoms with Crippen molar-refractivity contribution in [3.05, 3.63) is 46.6 Å². The van der Waals surface area contributed by atoms with Crippen molar-refractivity contribution in [3.63, 3.8) is 0 Å². The zero-order valence-corrected chi connectivity index (χ0v) is 13.1. The molecule has 0 aliphatic carbocycles. The van der Waals surface area contributed by atoms with Gasteiger partial charge in [-0.25, -0.2) is 9.97 Å². The second-order valence-electron chi connectivity index (χ2n) is 4.68. The summed E-state index contributed by atoms with van der Waals surface area (Å²) < 4.78 is 31.5. The van der Waals surface area contributed by atoms with E-state index in [-0.39, 0.29) is 17.1 Å². The summed E-state index contributed by atoms with van der Waals surface area (Å²) in [5.74, 6) is -3.37. The Kier molecular flexibility index (Phi) is 5.05. The average molecular weight is 343 g/mol. The number of nitrogens with zero attached hydrogens (tertiary/aromatic N) is 3. The van der Waals surface area contributed by atoms with Crippen LogP contribution in [0.2, 0.25) is 5.02 Å². The summed E-state index contributed by atoms with van der Waals surface area (Å²) in [6, 6.07) is 1.15. The SMILES string of the molecule is COc1ncncc1CNC(=O)c1cnc(C(C)(F)F)c(Cl)c1. The first kappa shape index (κ1) is 17.0. The molecule has 2 heterocycles. The number of aromatic nitrogens is 3. The zero-order chi connectivity index (χ0) is 17.0. The Morgan fingerprint density at radius 1 is 1.39 bits per heavy atom. The number of hydrogen-bond donors (Lipinski definition) is 1. The van der Waals surface area contributed by atoms with E-state index in [1.165, 1.54) is 19.6 Å². The van der Waals surface area contributed by atoms with Gasteiger partial charge in [0.1, 0.15) is 12.0 Å². The summed E-state index contributed by atoms with van der Waals surface area (Å²) in [5, 5.41) is 2.32. The second-order valence-corrected chi connectivity index (χ2v) is 5.09. The summed E-state index contributed by atoms with van der Waals surface area (Å²) >= 11 is 5.76. The summed E-state index contributed by atoms with van der Waals surface area (Å²) in [7, 11) is 1.45. The second kappa shape index (κ2) is 6.82. The van der Waals surface area contributed by atoms with Crippen LogP contribution in [-0.4, -0.2) is 28.0 Å². The molecule has 0 unspecified atom stereocenters. The molecule has 23 heavy (non-hydrogen) atoms. The molecule has 0 aliphatic heterocycles. The number of hydrogen-bond acceptors (Lipinski definition) is 5. The molecule has 0 aromatic carbocycles. The highest BCUT2D eigenvalue weighted by molar-refractivity contribution is 6.31. The van der Waals surface area contributed by atoms with Crippen LogP contribution in [0.4, 0.5) is 8.78 Å². The van der Waals surface area contributed by atoms with Crippen molar-refractivity contribution in [2.24, 2.45) is 0 Å². The van der Waals surface area contributed by atoms with Gasteiger partial charge in [0.15, 0.2) is 0 Å². The number of alkyl halides is 2. The van der Waals surface area contributed by atoms with Gasteiger partial charge in [0, 0.05) is 25.9 Å². The summed E-state index contributed by atoms with van der Waals surface area (Å²) in [6.07, 6.45) is 3.86. The number of rotatable bonds is 5. The smallest absolute Gasteiger partial charge is 0.288 e. The molecule has 9 heteroatoms. The van der Waals surface area contributed by atoms with Crippen molar-refractivity contribution >= 4 is 17.5 Å². The quantitative estimate of drug-likeness (QED) is 0.903. The highest BCUT2D eigenvalue weighted by atomic mass is 35.5. The number of carbonyl (C=O) groups excluding carboxylic acids is 1. The number of ether oxygens (including phenoxy) is 1. The summed E-state index contributed by atoms with van der Waals surface area (Å²) in [6.45, 7) is 0.787. The fraction of sp³-hybridized carbons (Fsp3) is 0.286. The normalized spacial score (nSPS) is 11.2. The highest BCUT2D eigenvalue weighted by Crippen LogP contribution is 2.31. The predicted octanol–water partition coefficient (Wildman–Crippen LogP) is 2.58. The number of amides is 1. The van der Waals surface area contributed by atoms with Crippen LogP contribution in [0.3, 0.4) is 0 Å². The fourth-order valence-corrected chi connectivity index (χ4v) is 2.15. The lowest BCUT2D eigenvalue weighted by Gasteiger charge is -2.12. The van der Waals surface area contributed by atoms with E-state index in [4.69, 9.17) is 16.3 Å². The maximum absolute atomic E-state index is 13.2. The predicted molar refractivity (Wildman–Crippen MR) is 78.6 cm³/mol. The van der Waals surface area contributed by atoms with Crippen LogP contribution in [0.1, 0.15) is 28.5 Å². The minimum absolute atomic E-state index is 0.0683. The first-order valence-corrected chi connectivity index (χ1v) is 6.85. The molecule has 0 saturated carbocycles. The first-order chi connectivity index (χ1) is 10.8. The fourth-order valence-electron chi connectivity index (χ4n) is 1.81. The Hall–Kier alpha value is -2.35. The van der Waals surface area contributed by atoms with E-state index in [1.54, 1.807) is 0 Å². The van der Waals surface area contributed by atoms with E-state index in [1.807, 2.05) is 0 Å². The molecule has 6 nitrogen and oxygen atoms in total. The van der Waals surface area contributed by atoms with Gasteiger partial charge in [-0.05, 0) is 6.07 Å². The molecule has 122 valence electrons. The van der Waals surface area contributed by atoms with Crippen LogP contribution in [-0.2, 0) is 12.5 Å². The zero-order valence-electron chi connectivity index (χ0n) is 12.3. The van der Waals surface area contributed by atoms with Crippen molar-refractivity contribution in [3.8, 4) is 5.88 Å². The van der Waals surface area contributed by atoms with Gasteiger partial charge >= 0.3 is 0 Å². The van der Waals surface area contributed by atoms with E-state index < -0.39 is 17.5 Å². The van der Waals surface area contributed by atoms with Gasteiger partial charge in [0.05, 0.1) is 23.3 Å². The molecule has 0 fully saturated rings. The van der Waals surface area contributed by atoms with Gasteiger partial charge in [-0.2, -0.15) is 8.78 Å². The molecule has 0 bridgehead atoms. The summed E-state index contributed by atoms with van der Waals surface area (Å²) in [5.41, 5.74) is 0.0618. The van der Waals surface area contributed by atoms with E-state index >= 15 is 0 Å². The average Bonchev–Trinajstić information content (AvgIpc) is 2.51. The van der Waals surface area contributed by atoms with Crippen LogP contribution in [0.25, 0.3) is 0 Å². The number of nitrogens with one attached hydrogen (secondary N) is 1. The topological polar surface area (TPSA) is 77.0 Å². The lowest BCUT2D eigenvalue weighted by atomic mass is 10.2. The van der Waals surface area contributed by atoms with Gasteiger partial charge in [-0.3, -0.25) is 9.78 Å². The summed E-state index contributed by atoms with van der Waals surface area (Å²) in [4.78, 5) is 23.4. The maximum Gasteiger partial charge on any atom is 0.288 e. The molecule has 2 aromatic rings. The van der Waals surface area contributed by atoms with Crippen LogP contribution < -0.4 is 10.1 Å². The molecule has 0 atom stereocenters. The molecule has 1 amide bonds.